The highest BCUT2D eigenvalue weighted by Crippen LogP contribution is 2.11. The number of anilines is 1. The number of nitrogens with zero attached hydrogens (tertiary/aromatic N) is 3. The number of benzene rings is 1. The van der Waals surface area contributed by atoms with Crippen molar-refractivity contribution in [3.63, 3.8) is 0 Å². The van der Waals surface area contributed by atoms with E-state index in [2.05, 4.69) is 10.2 Å². The van der Waals surface area contributed by atoms with Gasteiger partial charge in [0.1, 0.15) is 17.5 Å². The van der Waals surface area contributed by atoms with E-state index in [9.17, 15) is 14.4 Å². The molecule has 1 fully saturated rings. The van der Waals surface area contributed by atoms with Gasteiger partial charge < -0.3 is 16.0 Å². The largest absolute Gasteiger partial charge is 0.360 e. The van der Waals surface area contributed by atoms with Gasteiger partial charge in [-0.1, -0.05) is 0 Å². The monoisotopic (exact) mass is 317 g/mol. The maximum atomic E-state index is 12.8. The number of carbonyl (C=O) groups is 1. The number of nitrogens with two attached hydrogens (primary N) is 1. The van der Waals surface area contributed by atoms with Crippen LogP contribution in [0.2, 0.25) is 0 Å². The number of rotatable bonds is 5. The summed E-state index contributed by atoms with van der Waals surface area (Å²) < 4.78 is 12.8. The van der Waals surface area contributed by atoms with E-state index >= 15 is 0 Å². The number of nitriles is 1. The molecule has 1 aromatic carbocycles. The van der Waals surface area contributed by atoms with Crippen molar-refractivity contribution in [1.29, 1.82) is 5.26 Å². The highest BCUT2D eigenvalue weighted by atomic mass is 19.1. The number of hydrogen-bond acceptors (Lipinski definition) is 5. The van der Waals surface area contributed by atoms with Crippen LogP contribution in [0.4, 0.5) is 10.1 Å². The topological polar surface area (TPSA) is 85.4 Å². The lowest BCUT2D eigenvalue weighted by Gasteiger charge is -2.34. The number of halogens is 1. The van der Waals surface area contributed by atoms with Crippen LogP contribution in [-0.4, -0.2) is 55.0 Å². The molecule has 1 amide bonds. The average molecular weight is 317 g/mol. The summed E-state index contributed by atoms with van der Waals surface area (Å²) in [6, 6.07) is 7.61. The molecular formula is C16H20FN5O. The number of piperazine rings is 1. The smallest absolute Gasteiger partial charge is 0.266 e. The van der Waals surface area contributed by atoms with Gasteiger partial charge in [0.05, 0.1) is 0 Å². The Balaban J connectivity index is 1.95. The second-order valence-corrected chi connectivity index (χ2v) is 5.24. The number of hydrogen-bond donors (Lipinski definition) is 2. The molecule has 2 rings (SSSR count). The van der Waals surface area contributed by atoms with E-state index in [-0.39, 0.29) is 17.3 Å². The average Bonchev–Trinajstić information content (AvgIpc) is 2.58. The van der Waals surface area contributed by atoms with Crippen molar-refractivity contribution in [2.24, 2.45) is 5.73 Å². The SMILES string of the molecule is N#C/C(=C/Nc1ccc(F)cc1)C(=O)N1CCN(CCN)CC1. The van der Waals surface area contributed by atoms with Crippen LogP contribution in [0.15, 0.2) is 36.0 Å². The molecule has 6 nitrogen and oxygen atoms in total. The molecule has 122 valence electrons. The van der Waals surface area contributed by atoms with Crippen molar-refractivity contribution < 1.29 is 9.18 Å². The Bertz CT molecular complexity index is 600. The Morgan fingerprint density at radius 2 is 1.96 bits per heavy atom. The van der Waals surface area contributed by atoms with E-state index in [4.69, 9.17) is 5.73 Å². The summed E-state index contributed by atoms with van der Waals surface area (Å²) in [5.41, 5.74) is 6.16. The quantitative estimate of drug-likeness (QED) is 0.618. The van der Waals surface area contributed by atoms with Crippen molar-refractivity contribution in [2.45, 2.75) is 0 Å². The molecule has 1 heterocycles. The molecule has 0 aliphatic carbocycles. The summed E-state index contributed by atoms with van der Waals surface area (Å²) in [5.74, 6) is -0.638. The third-order valence-corrected chi connectivity index (χ3v) is 3.68. The minimum atomic E-state index is -0.341. The van der Waals surface area contributed by atoms with Gasteiger partial charge in [-0.05, 0) is 24.3 Å². The standard InChI is InChI=1S/C16H20FN5O/c17-14-1-3-15(4-2-14)20-12-13(11-19)16(23)22-9-7-21(6-5-18)8-10-22/h1-4,12,20H,5-10,18H2/b13-12-. The molecule has 0 aromatic heterocycles. The van der Waals surface area contributed by atoms with Crippen LogP contribution in [0, 0.1) is 17.1 Å². The zero-order valence-electron chi connectivity index (χ0n) is 12.8. The molecule has 0 spiro atoms. The summed E-state index contributed by atoms with van der Waals surface area (Å²) in [5, 5.41) is 12.0. The van der Waals surface area contributed by atoms with Gasteiger partial charge in [-0.2, -0.15) is 5.26 Å². The third kappa shape index (κ3) is 4.77. The zero-order valence-corrected chi connectivity index (χ0v) is 12.8. The van der Waals surface area contributed by atoms with Gasteiger partial charge in [-0.25, -0.2) is 4.39 Å². The Labute approximate surface area is 135 Å². The van der Waals surface area contributed by atoms with Crippen LogP contribution in [0.5, 0.6) is 0 Å². The van der Waals surface area contributed by atoms with Gasteiger partial charge in [0, 0.05) is 51.2 Å². The highest BCUT2D eigenvalue weighted by Gasteiger charge is 2.23. The van der Waals surface area contributed by atoms with E-state index in [0.29, 0.717) is 25.3 Å². The van der Waals surface area contributed by atoms with Crippen molar-refractivity contribution in [3.8, 4) is 6.07 Å². The lowest BCUT2D eigenvalue weighted by atomic mass is 10.2. The molecule has 1 saturated heterocycles. The highest BCUT2D eigenvalue weighted by molar-refractivity contribution is 5.97. The fraction of sp³-hybridized carbons (Fsp3) is 0.375. The van der Waals surface area contributed by atoms with Gasteiger partial charge in [0.25, 0.3) is 5.91 Å². The normalized spacial score (nSPS) is 16.0. The Morgan fingerprint density at radius 3 is 2.52 bits per heavy atom. The van der Waals surface area contributed by atoms with E-state index < -0.39 is 0 Å². The first-order valence-electron chi connectivity index (χ1n) is 7.48. The first-order valence-corrected chi connectivity index (χ1v) is 7.48. The summed E-state index contributed by atoms with van der Waals surface area (Å²) in [6.45, 7) is 4.08. The molecule has 1 aromatic rings. The minimum Gasteiger partial charge on any atom is -0.360 e. The fourth-order valence-corrected chi connectivity index (χ4v) is 2.37. The second kappa shape index (κ2) is 8.27. The first kappa shape index (κ1) is 16.9. The molecular weight excluding hydrogens is 297 g/mol. The lowest BCUT2D eigenvalue weighted by molar-refractivity contribution is -0.128. The van der Waals surface area contributed by atoms with Crippen molar-refractivity contribution in [1.82, 2.24) is 9.80 Å². The Kier molecular flexibility index (Phi) is 6.09. The number of amides is 1. The van der Waals surface area contributed by atoms with Gasteiger partial charge in [-0.3, -0.25) is 9.69 Å². The van der Waals surface area contributed by atoms with Crippen LogP contribution in [0.3, 0.4) is 0 Å². The van der Waals surface area contributed by atoms with Gasteiger partial charge in [0.2, 0.25) is 0 Å². The zero-order chi connectivity index (χ0) is 16.7. The van der Waals surface area contributed by atoms with Crippen LogP contribution in [0.1, 0.15) is 0 Å². The molecule has 0 atom stereocenters. The van der Waals surface area contributed by atoms with E-state index in [0.717, 1.165) is 19.6 Å². The van der Waals surface area contributed by atoms with Crippen molar-refractivity contribution in [3.05, 3.63) is 41.9 Å². The van der Waals surface area contributed by atoms with Gasteiger partial charge in [0.15, 0.2) is 0 Å². The predicted octanol–water partition coefficient (Wildman–Crippen LogP) is 0.748. The van der Waals surface area contributed by atoms with Crippen LogP contribution >= 0.6 is 0 Å². The fourth-order valence-electron chi connectivity index (χ4n) is 2.37. The minimum absolute atomic E-state index is 0.0293. The molecule has 0 unspecified atom stereocenters. The maximum absolute atomic E-state index is 12.8. The molecule has 7 heteroatoms. The predicted molar refractivity (Wildman–Crippen MR) is 85.8 cm³/mol. The molecule has 0 saturated carbocycles. The number of carbonyl (C=O) groups excluding carboxylic acids is 1. The molecule has 0 radical (unpaired) electrons. The summed E-state index contributed by atoms with van der Waals surface area (Å²) >= 11 is 0. The molecule has 1 aliphatic rings. The van der Waals surface area contributed by atoms with Crippen molar-refractivity contribution >= 4 is 11.6 Å². The molecule has 3 N–H and O–H groups in total. The molecule has 0 bridgehead atoms. The van der Waals surface area contributed by atoms with Crippen LogP contribution in [0.25, 0.3) is 0 Å². The maximum Gasteiger partial charge on any atom is 0.266 e. The van der Waals surface area contributed by atoms with Crippen LogP contribution in [-0.2, 0) is 4.79 Å². The molecule has 23 heavy (non-hydrogen) atoms. The third-order valence-electron chi connectivity index (χ3n) is 3.68. The Morgan fingerprint density at radius 1 is 1.30 bits per heavy atom. The first-order chi connectivity index (χ1) is 11.1. The second-order valence-electron chi connectivity index (χ2n) is 5.24. The summed E-state index contributed by atoms with van der Waals surface area (Å²) in [4.78, 5) is 16.2. The summed E-state index contributed by atoms with van der Waals surface area (Å²) in [7, 11) is 0. The van der Waals surface area contributed by atoms with E-state index in [1.54, 1.807) is 4.90 Å². The van der Waals surface area contributed by atoms with Crippen LogP contribution < -0.4 is 11.1 Å². The summed E-state index contributed by atoms with van der Waals surface area (Å²) in [6.07, 6.45) is 1.36. The van der Waals surface area contributed by atoms with E-state index in [1.807, 2.05) is 6.07 Å². The Hall–Kier alpha value is -2.43. The van der Waals surface area contributed by atoms with E-state index in [1.165, 1.54) is 30.5 Å². The number of nitrogens with one attached hydrogen (secondary N) is 1. The van der Waals surface area contributed by atoms with Gasteiger partial charge >= 0.3 is 0 Å². The van der Waals surface area contributed by atoms with Crippen molar-refractivity contribution in [2.75, 3.05) is 44.6 Å². The van der Waals surface area contributed by atoms with Gasteiger partial charge in [-0.15, -0.1) is 0 Å². The lowest BCUT2D eigenvalue weighted by Crippen LogP contribution is -2.50. The molecule has 1 aliphatic heterocycles.